The molecule has 23 heavy (non-hydrogen) atoms. The summed E-state index contributed by atoms with van der Waals surface area (Å²) in [6, 6.07) is 7.56. The highest BCUT2D eigenvalue weighted by Gasteiger charge is 2.28. The van der Waals surface area contributed by atoms with Crippen LogP contribution in [0.1, 0.15) is 48.7 Å². The first-order valence-electron chi connectivity index (χ1n) is 8.10. The Balaban J connectivity index is 1.89. The molecule has 122 valence electrons. The van der Waals surface area contributed by atoms with E-state index in [1.807, 2.05) is 18.2 Å². The summed E-state index contributed by atoms with van der Waals surface area (Å²) in [7, 11) is 0. The van der Waals surface area contributed by atoms with Crippen molar-refractivity contribution in [1.29, 1.82) is 0 Å². The average Bonchev–Trinajstić information content (AvgIpc) is 2.91. The van der Waals surface area contributed by atoms with Crippen LogP contribution in [0.5, 0.6) is 0 Å². The van der Waals surface area contributed by atoms with Gasteiger partial charge in [0.25, 0.3) is 5.91 Å². The van der Waals surface area contributed by atoms with Crippen LogP contribution in [-0.4, -0.2) is 17.1 Å². The molecule has 0 unspecified atom stereocenters. The molecule has 1 fully saturated rings. The molecule has 1 N–H and O–H groups in total. The summed E-state index contributed by atoms with van der Waals surface area (Å²) in [6.45, 7) is 3.95. The van der Waals surface area contributed by atoms with Gasteiger partial charge < -0.3 is 9.84 Å². The smallest absolute Gasteiger partial charge is 0.257 e. The van der Waals surface area contributed by atoms with Crippen LogP contribution in [0.3, 0.4) is 0 Å². The summed E-state index contributed by atoms with van der Waals surface area (Å²) in [5, 5.41) is 7.78. The molecule has 0 bridgehead atoms. The van der Waals surface area contributed by atoms with E-state index in [1.54, 1.807) is 13.0 Å². The molecule has 0 radical (unpaired) electrons. The molecule has 2 aromatic rings. The number of aryl methyl sites for hydroxylation is 1. The second-order valence-corrected chi connectivity index (χ2v) is 6.69. The summed E-state index contributed by atoms with van der Waals surface area (Å²) in [6.07, 6.45) is 4.59. The average molecular weight is 333 g/mol. The fraction of sp³-hybridized carbons (Fsp3) is 0.444. The third-order valence-electron chi connectivity index (χ3n) is 4.65. The molecule has 1 aliphatic carbocycles. The van der Waals surface area contributed by atoms with Gasteiger partial charge in [-0.2, -0.15) is 0 Å². The number of benzene rings is 1. The van der Waals surface area contributed by atoms with Crippen molar-refractivity contribution in [2.75, 3.05) is 0 Å². The van der Waals surface area contributed by atoms with Crippen molar-refractivity contribution >= 4 is 17.5 Å². The highest BCUT2D eigenvalue weighted by atomic mass is 35.5. The maximum Gasteiger partial charge on any atom is 0.257 e. The molecule has 1 aliphatic rings. The molecule has 0 spiro atoms. The molecule has 5 heteroatoms. The maximum absolute atomic E-state index is 12.8. The zero-order chi connectivity index (χ0) is 16.4. The van der Waals surface area contributed by atoms with Crippen molar-refractivity contribution in [2.45, 2.75) is 45.6 Å². The van der Waals surface area contributed by atoms with E-state index in [0.29, 0.717) is 33.5 Å². The second-order valence-electron chi connectivity index (χ2n) is 6.28. The molecule has 1 heterocycles. The monoisotopic (exact) mass is 332 g/mol. The van der Waals surface area contributed by atoms with Crippen LogP contribution in [-0.2, 0) is 0 Å². The van der Waals surface area contributed by atoms with Gasteiger partial charge in [-0.25, -0.2) is 0 Å². The molecule has 0 saturated heterocycles. The van der Waals surface area contributed by atoms with Crippen molar-refractivity contribution in [3.05, 3.63) is 40.6 Å². The van der Waals surface area contributed by atoms with Crippen molar-refractivity contribution < 1.29 is 9.32 Å². The summed E-state index contributed by atoms with van der Waals surface area (Å²) in [4.78, 5) is 12.8. The standard InChI is InChI=1S/C18H21ClN2O2/c1-11-7-3-6-10-15(11)20-18(22)16-12(2)23-21-17(16)13-8-4-5-9-14(13)19/h4-5,8-9,11,15H,3,6-7,10H2,1-2H3,(H,20,22)/t11-,15+/m0/s1. The summed E-state index contributed by atoms with van der Waals surface area (Å²) in [5.41, 5.74) is 1.71. The van der Waals surface area contributed by atoms with Crippen molar-refractivity contribution in [2.24, 2.45) is 5.92 Å². The molecule has 1 aromatic heterocycles. The van der Waals surface area contributed by atoms with E-state index >= 15 is 0 Å². The third-order valence-corrected chi connectivity index (χ3v) is 4.98. The zero-order valence-electron chi connectivity index (χ0n) is 13.4. The number of amides is 1. The van der Waals surface area contributed by atoms with Gasteiger partial charge in [-0.3, -0.25) is 4.79 Å². The predicted octanol–water partition coefficient (Wildman–Crippen LogP) is 4.61. The first kappa shape index (κ1) is 16.1. The van der Waals surface area contributed by atoms with Gasteiger partial charge in [-0.15, -0.1) is 0 Å². The summed E-state index contributed by atoms with van der Waals surface area (Å²) in [5.74, 6) is 0.884. The van der Waals surface area contributed by atoms with Gasteiger partial charge in [-0.05, 0) is 31.7 Å². The fourth-order valence-electron chi connectivity index (χ4n) is 3.25. The lowest BCUT2D eigenvalue weighted by atomic mass is 9.86. The molecule has 3 rings (SSSR count). The lowest BCUT2D eigenvalue weighted by molar-refractivity contribution is 0.0909. The van der Waals surface area contributed by atoms with Crippen molar-refractivity contribution in [3.63, 3.8) is 0 Å². The van der Waals surface area contributed by atoms with Crippen LogP contribution in [0.15, 0.2) is 28.8 Å². The number of carbonyl (C=O) groups excluding carboxylic acids is 1. The van der Waals surface area contributed by atoms with E-state index in [1.165, 1.54) is 6.42 Å². The van der Waals surface area contributed by atoms with Crippen LogP contribution in [0, 0.1) is 12.8 Å². The molecular weight excluding hydrogens is 312 g/mol. The Morgan fingerprint density at radius 3 is 2.78 bits per heavy atom. The fourth-order valence-corrected chi connectivity index (χ4v) is 3.47. The zero-order valence-corrected chi connectivity index (χ0v) is 14.2. The van der Waals surface area contributed by atoms with Gasteiger partial charge in [-0.1, -0.05) is 54.7 Å². The summed E-state index contributed by atoms with van der Waals surface area (Å²) < 4.78 is 5.27. The lowest BCUT2D eigenvalue weighted by Gasteiger charge is -2.29. The number of hydrogen-bond donors (Lipinski definition) is 1. The van der Waals surface area contributed by atoms with E-state index in [9.17, 15) is 4.79 Å². The highest BCUT2D eigenvalue weighted by Crippen LogP contribution is 2.31. The van der Waals surface area contributed by atoms with Crippen LogP contribution in [0.25, 0.3) is 11.3 Å². The van der Waals surface area contributed by atoms with Gasteiger partial charge in [0, 0.05) is 11.6 Å². The largest absolute Gasteiger partial charge is 0.360 e. The van der Waals surface area contributed by atoms with E-state index in [0.717, 1.165) is 19.3 Å². The number of hydrogen-bond acceptors (Lipinski definition) is 3. The number of carbonyl (C=O) groups is 1. The molecule has 2 atom stereocenters. The lowest BCUT2D eigenvalue weighted by Crippen LogP contribution is -2.41. The first-order chi connectivity index (χ1) is 11.1. The Kier molecular flexibility index (Phi) is 4.71. The van der Waals surface area contributed by atoms with Gasteiger partial charge in [0.15, 0.2) is 0 Å². The Bertz CT molecular complexity index is 711. The second kappa shape index (κ2) is 6.75. The van der Waals surface area contributed by atoms with E-state index in [-0.39, 0.29) is 11.9 Å². The van der Waals surface area contributed by atoms with Crippen LogP contribution in [0.2, 0.25) is 5.02 Å². The quantitative estimate of drug-likeness (QED) is 0.892. The number of nitrogens with zero attached hydrogens (tertiary/aromatic N) is 1. The number of halogens is 1. The Morgan fingerprint density at radius 2 is 2.04 bits per heavy atom. The van der Waals surface area contributed by atoms with Crippen LogP contribution < -0.4 is 5.32 Å². The van der Waals surface area contributed by atoms with Gasteiger partial charge >= 0.3 is 0 Å². The third kappa shape index (κ3) is 3.27. The number of rotatable bonds is 3. The molecular formula is C18H21ClN2O2. The molecule has 0 aliphatic heterocycles. The van der Waals surface area contributed by atoms with Crippen LogP contribution in [0.4, 0.5) is 0 Å². The van der Waals surface area contributed by atoms with E-state index in [4.69, 9.17) is 16.1 Å². The molecule has 1 aromatic carbocycles. The Morgan fingerprint density at radius 1 is 1.30 bits per heavy atom. The van der Waals surface area contributed by atoms with Gasteiger partial charge in [0.1, 0.15) is 17.0 Å². The highest BCUT2D eigenvalue weighted by molar-refractivity contribution is 6.33. The molecule has 1 amide bonds. The molecule has 1 saturated carbocycles. The van der Waals surface area contributed by atoms with Gasteiger partial charge in [0.05, 0.1) is 5.02 Å². The van der Waals surface area contributed by atoms with Gasteiger partial charge in [0.2, 0.25) is 0 Å². The minimum atomic E-state index is -0.127. The normalized spacial score (nSPS) is 21.2. The topological polar surface area (TPSA) is 55.1 Å². The number of aromatic nitrogens is 1. The first-order valence-corrected chi connectivity index (χ1v) is 8.47. The summed E-state index contributed by atoms with van der Waals surface area (Å²) >= 11 is 6.25. The Labute approximate surface area is 141 Å². The SMILES string of the molecule is Cc1onc(-c2ccccc2Cl)c1C(=O)N[C@@H]1CCCC[C@@H]1C. The van der Waals surface area contributed by atoms with E-state index in [2.05, 4.69) is 17.4 Å². The Hall–Kier alpha value is -1.81. The van der Waals surface area contributed by atoms with E-state index < -0.39 is 0 Å². The maximum atomic E-state index is 12.8. The van der Waals surface area contributed by atoms with Crippen molar-refractivity contribution in [1.82, 2.24) is 10.5 Å². The van der Waals surface area contributed by atoms with Crippen molar-refractivity contribution in [3.8, 4) is 11.3 Å². The minimum Gasteiger partial charge on any atom is -0.360 e. The minimum absolute atomic E-state index is 0.127. The number of nitrogens with one attached hydrogen (secondary N) is 1. The van der Waals surface area contributed by atoms with Crippen LogP contribution >= 0.6 is 11.6 Å². The molecule has 4 nitrogen and oxygen atoms in total. The predicted molar refractivity (Wildman–Crippen MR) is 90.6 cm³/mol.